The Morgan fingerprint density at radius 2 is 2.26 bits per heavy atom. The molecule has 0 aliphatic rings. The van der Waals surface area contributed by atoms with Crippen LogP contribution in [-0.4, -0.2) is 28.0 Å². The first-order valence-electron chi connectivity index (χ1n) is 5.92. The lowest BCUT2D eigenvalue weighted by atomic mass is 10.1. The lowest BCUT2D eigenvalue weighted by molar-refractivity contribution is -0.382. The number of thioether (sulfide) groups is 1. The van der Waals surface area contributed by atoms with E-state index in [0.29, 0.717) is 28.4 Å². The number of benzene rings is 1. The van der Waals surface area contributed by atoms with Crippen molar-refractivity contribution in [1.82, 2.24) is 4.98 Å². The minimum Gasteiger partial charge on any atom is -0.378 e. The van der Waals surface area contributed by atoms with Crippen molar-refractivity contribution in [1.29, 1.82) is 0 Å². The highest BCUT2D eigenvalue weighted by Crippen LogP contribution is 2.32. The summed E-state index contributed by atoms with van der Waals surface area (Å²) in [4.78, 5) is 15.1. The molecule has 1 heterocycles. The zero-order valence-corrected chi connectivity index (χ0v) is 11.6. The van der Waals surface area contributed by atoms with Crippen LogP contribution in [-0.2, 0) is 0 Å². The molecule has 19 heavy (non-hydrogen) atoms. The number of aromatic nitrogens is 1. The monoisotopic (exact) mass is 277 g/mol. The fourth-order valence-corrected chi connectivity index (χ4v) is 2.06. The molecule has 0 bridgehead atoms. The number of hydrogen-bond donors (Lipinski definition) is 1. The van der Waals surface area contributed by atoms with Crippen LogP contribution in [0.15, 0.2) is 30.5 Å². The van der Waals surface area contributed by atoms with Crippen LogP contribution < -0.4 is 5.32 Å². The van der Waals surface area contributed by atoms with E-state index in [1.54, 1.807) is 42.2 Å². The molecule has 2 rings (SSSR count). The van der Waals surface area contributed by atoms with E-state index in [0.717, 1.165) is 0 Å². The smallest absolute Gasteiger partial charge is 0.301 e. The summed E-state index contributed by atoms with van der Waals surface area (Å²) in [5.74, 6) is 0. The van der Waals surface area contributed by atoms with Crippen LogP contribution in [0.5, 0.6) is 0 Å². The summed E-state index contributed by atoms with van der Waals surface area (Å²) in [5.41, 5.74) is 1.28. The van der Waals surface area contributed by atoms with E-state index in [2.05, 4.69) is 17.2 Å². The fourth-order valence-electron chi connectivity index (χ4n) is 1.81. The summed E-state index contributed by atoms with van der Waals surface area (Å²) in [5, 5.41) is 15.4. The Balaban J connectivity index is 2.43. The third kappa shape index (κ3) is 2.96. The molecule has 0 fully saturated rings. The second kappa shape index (κ2) is 5.88. The van der Waals surface area contributed by atoms with Crippen LogP contribution in [0.25, 0.3) is 10.9 Å². The molecule has 2 aromatic rings. The van der Waals surface area contributed by atoms with Crippen LogP contribution in [0.1, 0.15) is 6.92 Å². The molecule has 0 radical (unpaired) electrons. The fraction of sp³-hybridized carbons (Fsp3) is 0.308. The molecule has 0 aliphatic carbocycles. The first-order valence-corrected chi connectivity index (χ1v) is 7.21. The molecule has 1 aromatic heterocycles. The minimum absolute atomic E-state index is 0.0962. The van der Waals surface area contributed by atoms with Crippen molar-refractivity contribution in [3.8, 4) is 0 Å². The van der Waals surface area contributed by atoms with Crippen molar-refractivity contribution in [2.24, 2.45) is 0 Å². The molecule has 0 saturated carbocycles. The van der Waals surface area contributed by atoms with Gasteiger partial charge in [0.05, 0.1) is 15.8 Å². The van der Waals surface area contributed by atoms with E-state index in [4.69, 9.17) is 0 Å². The third-order valence-corrected chi connectivity index (χ3v) is 3.89. The highest BCUT2D eigenvalue weighted by molar-refractivity contribution is 7.99. The molecule has 0 amide bonds. The van der Waals surface area contributed by atoms with Crippen molar-refractivity contribution in [3.63, 3.8) is 0 Å². The maximum absolute atomic E-state index is 11.3. The Morgan fingerprint density at radius 1 is 1.47 bits per heavy atom. The van der Waals surface area contributed by atoms with Gasteiger partial charge in [-0.3, -0.25) is 15.1 Å². The van der Waals surface area contributed by atoms with Crippen LogP contribution in [0.2, 0.25) is 0 Å². The number of nitrogens with one attached hydrogen (secondary N) is 1. The first-order chi connectivity index (χ1) is 9.13. The van der Waals surface area contributed by atoms with E-state index in [9.17, 15) is 10.1 Å². The molecule has 5 nitrogen and oxygen atoms in total. The molecule has 6 heteroatoms. The molecule has 0 aliphatic heterocycles. The summed E-state index contributed by atoms with van der Waals surface area (Å²) in [6.07, 6.45) is 3.65. The number of hydrogen-bond acceptors (Lipinski definition) is 5. The second-order valence-electron chi connectivity index (χ2n) is 4.22. The molecular weight excluding hydrogens is 262 g/mol. The zero-order chi connectivity index (χ0) is 13.8. The standard InChI is InChI=1S/C13H15N3O2S/c1-9(19-2)8-15-12-6-5-11-10(4-3-7-14-11)13(12)16(17)18/h3-7,9,15H,8H2,1-2H3. The van der Waals surface area contributed by atoms with Crippen molar-refractivity contribution in [2.45, 2.75) is 12.2 Å². The molecule has 0 spiro atoms. The van der Waals surface area contributed by atoms with Gasteiger partial charge < -0.3 is 5.32 Å². The van der Waals surface area contributed by atoms with Crippen LogP contribution in [0.3, 0.4) is 0 Å². The zero-order valence-electron chi connectivity index (χ0n) is 10.8. The Bertz CT molecular complexity index is 603. The normalized spacial score (nSPS) is 12.3. The molecule has 1 atom stereocenters. The highest BCUT2D eigenvalue weighted by atomic mass is 32.2. The van der Waals surface area contributed by atoms with Gasteiger partial charge in [-0.05, 0) is 30.5 Å². The van der Waals surface area contributed by atoms with Gasteiger partial charge in [0.25, 0.3) is 0 Å². The van der Waals surface area contributed by atoms with Crippen LogP contribution >= 0.6 is 11.8 Å². The Kier molecular flexibility index (Phi) is 4.21. The van der Waals surface area contributed by atoms with Gasteiger partial charge in [0.2, 0.25) is 0 Å². The number of nitro groups is 1. The Labute approximate surface area is 115 Å². The van der Waals surface area contributed by atoms with Gasteiger partial charge in [0, 0.05) is 18.0 Å². The van der Waals surface area contributed by atoms with E-state index < -0.39 is 0 Å². The van der Waals surface area contributed by atoms with Crippen LogP contribution in [0, 0.1) is 10.1 Å². The van der Waals surface area contributed by atoms with E-state index in [-0.39, 0.29) is 10.6 Å². The van der Waals surface area contributed by atoms with Crippen molar-refractivity contribution in [3.05, 3.63) is 40.6 Å². The number of nitrogens with zero attached hydrogens (tertiary/aromatic N) is 2. The lowest BCUT2D eigenvalue weighted by Crippen LogP contribution is -2.13. The number of fused-ring (bicyclic) bond motifs is 1. The van der Waals surface area contributed by atoms with Gasteiger partial charge in [-0.15, -0.1) is 0 Å². The molecule has 100 valence electrons. The third-order valence-electron chi connectivity index (χ3n) is 2.92. The summed E-state index contributed by atoms with van der Waals surface area (Å²) in [7, 11) is 0. The van der Waals surface area contributed by atoms with Gasteiger partial charge in [-0.2, -0.15) is 11.8 Å². The predicted molar refractivity (Wildman–Crippen MR) is 79.9 cm³/mol. The molecule has 0 saturated heterocycles. The molecule has 1 aromatic carbocycles. The van der Waals surface area contributed by atoms with E-state index in [1.807, 2.05) is 6.26 Å². The topological polar surface area (TPSA) is 68.1 Å². The number of pyridine rings is 1. The average molecular weight is 277 g/mol. The average Bonchev–Trinajstić information content (AvgIpc) is 2.43. The largest absolute Gasteiger partial charge is 0.378 e. The summed E-state index contributed by atoms with van der Waals surface area (Å²) in [6, 6.07) is 6.96. The lowest BCUT2D eigenvalue weighted by Gasteiger charge is -2.12. The number of anilines is 1. The van der Waals surface area contributed by atoms with Crippen molar-refractivity contribution >= 4 is 34.0 Å². The van der Waals surface area contributed by atoms with E-state index >= 15 is 0 Å². The van der Waals surface area contributed by atoms with Gasteiger partial charge in [0.15, 0.2) is 0 Å². The van der Waals surface area contributed by atoms with E-state index in [1.165, 1.54) is 0 Å². The van der Waals surface area contributed by atoms with Crippen molar-refractivity contribution in [2.75, 3.05) is 18.1 Å². The maximum Gasteiger partial charge on any atom is 0.301 e. The molecule has 1 unspecified atom stereocenters. The molecular formula is C13H15N3O2S. The van der Waals surface area contributed by atoms with Gasteiger partial charge in [-0.1, -0.05) is 6.92 Å². The van der Waals surface area contributed by atoms with Gasteiger partial charge >= 0.3 is 5.69 Å². The second-order valence-corrected chi connectivity index (χ2v) is 5.49. The van der Waals surface area contributed by atoms with Crippen LogP contribution in [0.4, 0.5) is 11.4 Å². The highest BCUT2D eigenvalue weighted by Gasteiger charge is 2.18. The number of rotatable bonds is 5. The first kappa shape index (κ1) is 13.6. The van der Waals surface area contributed by atoms with Crippen molar-refractivity contribution < 1.29 is 4.92 Å². The quantitative estimate of drug-likeness (QED) is 0.670. The molecule has 1 N–H and O–H groups in total. The SMILES string of the molecule is CSC(C)CNc1ccc2ncccc2c1[N+](=O)[O-]. The van der Waals surface area contributed by atoms with Gasteiger partial charge in [-0.25, -0.2) is 0 Å². The Morgan fingerprint density at radius 3 is 2.95 bits per heavy atom. The summed E-state index contributed by atoms with van der Waals surface area (Å²) in [6.45, 7) is 2.76. The number of nitro benzene ring substituents is 1. The summed E-state index contributed by atoms with van der Waals surface area (Å²) >= 11 is 1.72. The summed E-state index contributed by atoms with van der Waals surface area (Å²) < 4.78 is 0. The minimum atomic E-state index is -0.351. The Hall–Kier alpha value is -1.82. The predicted octanol–water partition coefficient (Wildman–Crippen LogP) is 3.31. The van der Waals surface area contributed by atoms with Gasteiger partial charge in [0.1, 0.15) is 5.69 Å². The maximum atomic E-state index is 11.3.